The fraction of sp³-hybridized carbons (Fsp3) is 0.333. The van der Waals surface area contributed by atoms with Gasteiger partial charge < -0.3 is 19.7 Å². The number of hydrogen-bond acceptors (Lipinski definition) is 6. The van der Waals surface area contributed by atoms with E-state index in [1.54, 1.807) is 24.3 Å². The Bertz CT molecular complexity index is 1030. The van der Waals surface area contributed by atoms with Crippen molar-refractivity contribution >= 4 is 27.5 Å². The third-order valence-electron chi connectivity index (χ3n) is 4.79. The largest absolute Gasteiger partial charge is 0.497 e. The average Bonchev–Trinajstić information content (AvgIpc) is 2.79. The summed E-state index contributed by atoms with van der Waals surface area (Å²) in [4.78, 5) is 26.3. The highest BCUT2D eigenvalue weighted by Crippen LogP contribution is 2.19. The molecule has 0 aliphatic carbocycles. The van der Waals surface area contributed by atoms with E-state index in [4.69, 9.17) is 9.47 Å². The summed E-state index contributed by atoms with van der Waals surface area (Å²) in [6.45, 7) is 1.16. The molecule has 0 unspecified atom stereocenters. The number of carbonyl (C=O) groups excluding carboxylic acids is 2. The molecule has 1 aliphatic rings. The Hall–Kier alpha value is -2.95. The molecule has 3 rings (SSSR count). The molecule has 1 N–H and O–H groups in total. The quantitative estimate of drug-likeness (QED) is 0.688. The molecule has 0 radical (unpaired) electrons. The fourth-order valence-electron chi connectivity index (χ4n) is 3.11. The number of benzene rings is 2. The molecule has 0 bridgehead atoms. The molecule has 0 saturated carbocycles. The maximum atomic E-state index is 12.7. The van der Waals surface area contributed by atoms with Gasteiger partial charge in [-0.25, -0.2) is 8.42 Å². The summed E-state index contributed by atoms with van der Waals surface area (Å²) in [5.74, 6) is -0.152. The van der Waals surface area contributed by atoms with Gasteiger partial charge >= 0.3 is 0 Å². The summed E-state index contributed by atoms with van der Waals surface area (Å²) in [5, 5.41) is 2.71. The lowest BCUT2D eigenvalue weighted by atomic mass is 10.2. The van der Waals surface area contributed by atoms with Crippen LogP contribution in [-0.2, 0) is 19.6 Å². The van der Waals surface area contributed by atoms with Crippen LogP contribution in [0.4, 0.5) is 5.69 Å². The monoisotopic (exact) mass is 447 g/mol. The van der Waals surface area contributed by atoms with Crippen LogP contribution in [0.5, 0.6) is 5.75 Å². The topological polar surface area (TPSA) is 105 Å². The second-order valence-corrected chi connectivity index (χ2v) is 8.92. The van der Waals surface area contributed by atoms with Crippen LogP contribution in [0.15, 0.2) is 53.4 Å². The summed E-state index contributed by atoms with van der Waals surface area (Å²) in [5.41, 5.74) is 0.848. The van der Waals surface area contributed by atoms with Crippen molar-refractivity contribution in [2.24, 2.45) is 0 Å². The van der Waals surface area contributed by atoms with Crippen molar-refractivity contribution in [3.05, 3.63) is 54.1 Å². The van der Waals surface area contributed by atoms with E-state index in [9.17, 15) is 18.0 Å². The highest BCUT2D eigenvalue weighted by Gasteiger charge is 2.26. The van der Waals surface area contributed by atoms with Crippen LogP contribution >= 0.6 is 0 Å². The van der Waals surface area contributed by atoms with Gasteiger partial charge in [-0.05, 0) is 36.4 Å². The molecule has 2 aromatic rings. The minimum Gasteiger partial charge on any atom is -0.497 e. The van der Waals surface area contributed by atoms with Crippen molar-refractivity contribution in [3.63, 3.8) is 0 Å². The predicted molar refractivity (Wildman–Crippen MR) is 115 cm³/mol. The lowest BCUT2D eigenvalue weighted by molar-refractivity contribution is -0.116. The molecular weight excluding hydrogens is 422 g/mol. The molecule has 1 aliphatic heterocycles. The molecule has 0 aromatic heterocycles. The molecule has 1 heterocycles. The maximum absolute atomic E-state index is 12.7. The number of nitrogens with one attached hydrogen (secondary N) is 1. The van der Waals surface area contributed by atoms with Crippen molar-refractivity contribution in [3.8, 4) is 5.75 Å². The first kappa shape index (κ1) is 22.7. The molecule has 1 saturated heterocycles. The predicted octanol–water partition coefficient (Wildman–Crippen LogP) is 1.43. The Morgan fingerprint density at radius 1 is 1.13 bits per heavy atom. The van der Waals surface area contributed by atoms with Crippen LogP contribution in [-0.4, -0.2) is 76.4 Å². The Labute approximate surface area is 181 Å². The van der Waals surface area contributed by atoms with E-state index in [2.05, 4.69) is 5.32 Å². The first-order chi connectivity index (χ1) is 14.8. The zero-order chi connectivity index (χ0) is 22.4. The SMILES string of the molecule is COc1cccc(NC(=O)CN(C)C(=O)c2ccc(S(=O)(=O)N3CCOCC3)cc2)c1. The van der Waals surface area contributed by atoms with Gasteiger partial charge in [-0.3, -0.25) is 9.59 Å². The van der Waals surface area contributed by atoms with Crippen molar-refractivity contribution in [1.29, 1.82) is 0 Å². The number of carbonyl (C=O) groups is 2. The normalized spacial score (nSPS) is 14.6. The maximum Gasteiger partial charge on any atom is 0.254 e. The summed E-state index contributed by atoms with van der Waals surface area (Å²) < 4.78 is 37.0. The van der Waals surface area contributed by atoms with Crippen LogP contribution in [0.1, 0.15) is 10.4 Å². The molecule has 10 heteroatoms. The van der Waals surface area contributed by atoms with E-state index in [1.807, 2.05) is 0 Å². The lowest BCUT2D eigenvalue weighted by Gasteiger charge is -2.26. The Morgan fingerprint density at radius 3 is 2.45 bits per heavy atom. The molecular formula is C21H25N3O6S. The van der Waals surface area contributed by atoms with Gasteiger partial charge in [0.2, 0.25) is 15.9 Å². The molecule has 31 heavy (non-hydrogen) atoms. The van der Waals surface area contributed by atoms with E-state index in [-0.39, 0.29) is 22.9 Å². The van der Waals surface area contributed by atoms with Crippen molar-refractivity contribution in [2.45, 2.75) is 4.90 Å². The number of likely N-dealkylation sites (N-methyl/N-ethyl adjacent to an activating group) is 1. The van der Waals surface area contributed by atoms with Crippen LogP contribution in [0.2, 0.25) is 0 Å². The Balaban J connectivity index is 1.61. The molecule has 166 valence electrons. The number of anilines is 1. The van der Waals surface area contributed by atoms with Gasteiger partial charge in [0.25, 0.3) is 5.91 Å². The van der Waals surface area contributed by atoms with E-state index in [0.717, 1.165) is 0 Å². The van der Waals surface area contributed by atoms with E-state index < -0.39 is 15.9 Å². The second-order valence-electron chi connectivity index (χ2n) is 6.98. The molecule has 1 fully saturated rings. The lowest BCUT2D eigenvalue weighted by Crippen LogP contribution is -2.40. The van der Waals surface area contributed by atoms with Gasteiger partial charge in [-0.2, -0.15) is 4.31 Å². The average molecular weight is 448 g/mol. The van der Waals surface area contributed by atoms with Gasteiger partial charge in [-0.1, -0.05) is 6.07 Å². The van der Waals surface area contributed by atoms with Crippen molar-refractivity contribution in [2.75, 3.05) is 52.3 Å². The zero-order valence-electron chi connectivity index (χ0n) is 17.4. The van der Waals surface area contributed by atoms with Crippen molar-refractivity contribution in [1.82, 2.24) is 9.21 Å². The molecule has 9 nitrogen and oxygen atoms in total. The molecule has 0 spiro atoms. The number of hydrogen-bond donors (Lipinski definition) is 1. The standard InChI is InChI=1S/C21H25N3O6S/c1-23(15-20(25)22-17-4-3-5-18(14-17)29-2)21(26)16-6-8-19(9-7-16)31(27,28)24-10-12-30-13-11-24/h3-9,14H,10-13,15H2,1-2H3,(H,22,25). The minimum absolute atomic E-state index is 0.115. The van der Waals surface area contributed by atoms with Crippen molar-refractivity contribution < 1.29 is 27.5 Å². The third-order valence-corrected chi connectivity index (χ3v) is 6.70. The highest BCUT2D eigenvalue weighted by molar-refractivity contribution is 7.89. The van der Waals surface area contributed by atoms with E-state index in [1.165, 1.54) is 47.6 Å². The first-order valence-electron chi connectivity index (χ1n) is 9.68. The fourth-order valence-corrected chi connectivity index (χ4v) is 4.52. The second kappa shape index (κ2) is 9.90. The first-order valence-corrected chi connectivity index (χ1v) is 11.1. The Kier molecular flexibility index (Phi) is 7.26. The summed E-state index contributed by atoms with van der Waals surface area (Å²) in [6, 6.07) is 12.6. The molecule has 2 aromatic carbocycles. The molecule has 0 atom stereocenters. The number of nitrogens with zero attached hydrogens (tertiary/aromatic N) is 2. The minimum atomic E-state index is -3.63. The van der Waals surface area contributed by atoms with Crippen LogP contribution in [0.25, 0.3) is 0 Å². The zero-order valence-corrected chi connectivity index (χ0v) is 18.2. The number of rotatable bonds is 7. The van der Waals surface area contributed by atoms with Crippen LogP contribution < -0.4 is 10.1 Å². The van der Waals surface area contributed by atoms with Crippen LogP contribution in [0, 0.1) is 0 Å². The van der Waals surface area contributed by atoms with Crippen LogP contribution in [0.3, 0.4) is 0 Å². The summed E-state index contributed by atoms with van der Waals surface area (Å²) in [6.07, 6.45) is 0. The van der Waals surface area contributed by atoms with E-state index in [0.29, 0.717) is 37.7 Å². The Morgan fingerprint density at radius 2 is 1.81 bits per heavy atom. The highest BCUT2D eigenvalue weighted by atomic mass is 32.2. The number of ether oxygens (including phenoxy) is 2. The van der Waals surface area contributed by atoms with E-state index >= 15 is 0 Å². The summed E-state index contributed by atoms with van der Waals surface area (Å²) >= 11 is 0. The van der Waals surface area contributed by atoms with Gasteiger partial charge in [0.15, 0.2) is 0 Å². The number of amides is 2. The van der Waals surface area contributed by atoms with Gasteiger partial charge in [0.05, 0.1) is 31.8 Å². The molecule has 2 amide bonds. The number of morpholine rings is 1. The summed E-state index contributed by atoms with van der Waals surface area (Å²) in [7, 11) is -0.592. The smallest absolute Gasteiger partial charge is 0.254 e. The third kappa shape index (κ3) is 5.60. The van der Waals surface area contributed by atoms with Gasteiger partial charge in [-0.15, -0.1) is 0 Å². The van der Waals surface area contributed by atoms with Gasteiger partial charge in [0, 0.05) is 37.5 Å². The van der Waals surface area contributed by atoms with Gasteiger partial charge in [0.1, 0.15) is 5.75 Å². The number of sulfonamides is 1. The number of methoxy groups -OCH3 is 1.